The maximum atomic E-state index is 10.9. The highest BCUT2D eigenvalue weighted by atomic mass is 35.5. The van der Waals surface area contributed by atoms with Crippen LogP contribution in [0.2, 0.25) is 5.02 Å². The van der Waals surface area contributed by atoms with Crippen LogP contribution in [0.5, 0.6) is 5.75 Å². The smallest absolute Gasteiger partial charge is 0.311 e. The van der Waals surface area contributed by atoms with Crippen molar-refractivity contribution in [2.75, 3.05) is 6.61 Å². The number of ether oxygens (including phenoxy) is 1. The number of amidine groups is 1. The standard InChI is InChI=1S/C12H14ClN3O3/c13-8-1-2-9(16(17)18)10(5-8)19-7-12(3-4-12)6-11(14)15/h1-2,5H,3-4,6-7H2,(H3,14,15). The SMILES string of the molecule is N=C(N)CC1(COc2cc(Cl)ccc2[N+](=O)[O-])CC1. The summed E-state index contributed by atoms with van der Waals surface area (Å²) in [7, 11) is 0. The predicted molar refractivity (Wildman–Crippen MR) is 71.8 cm³/mol. The molecule has 0 spiro atoms. The van der Waals surface area contributed by atoms with Crippen molar-refractivity contribution >= 4 is 23.1 Å². The van der Waals surface area contributed by atoms with Gasteiger partial charge in [-0.15, -0.1) is 0 Å². The zero-order valence-corrected chi connectivity index (χ0v) is 10.9. The second-order valence-electron chi connectivity index (χ2n) is 4.86. The van der Waals surface area contributed by atoms with Crippen molar-refractivity contribution < 1.29 is 9.66 Å². The number of hydrogen-bond acceptors (Lipinski definition) is 4. The summed E-state index contributed by atoms with van der Waals surface area (Å²) < 4.78 is 5.53. The molecule has 1 aromatic rings. The summed E-state index contributed by atoms with van der Waals surface area (Å²) >= 11 is 5.81. The van der Waals surface area contributed by atoms with E-state index in [2.05, 4.69) is 0 Å². The van der Waals surface area contributed by atoms with Gasteiger partial charge in [-0.3, -0.25) is 15.5 Å². The number of halogens is 1. The molecule has 1 fully saturated rings. The van der Waals surface area contributed by atoms with Gasteiger partial charge in [0.05, 0.1) is 17.4 Å². The molecule has 1 aliphatic rings. The van der Waals surface area contributed by atoms with Gasteiger partial charge in [0.1, 0.15) is 0 Å². The van der Waals surface area contributed by atoms with E-state index >= 15 is 0 Å². The molecule has 102 valence electrons. The van der Waals surface area contributed by atoms with Gasteiger partial charge in [-0.2, -0.15) is 0 Å². The highest BCUT2D eigenvalue weighted by Gasteiger charge is 2.44. The van der Waals surface area contributed by atoms with Crippen molar-refractivity contribution in [3.05, 3.63) is 33.3 Å². The van der Waals surface area contributed by atoms with E-state index < -0.39 is 4.92 Å². The maximum absolute atomic E-state index is 10.9. The van der Waals surface area contributed by atoms with Gasteiger partial charge in [0.15, 0.2) is 5.75 Å². The van der Waals surface area contributed by atoms with Crippen LogP contribution < -0.4 is 10.5 Å². The third-order valence-electron chi connectivity index (χ3n) is 3.17. The van der Waals surface area contributed by atoms with Gasteiger partial charge >= 0.3 is 5.69 Å². The average Bonchev–Trinajstić information content (AvgIpc) is 3.05. The summed E-state index contributed by atoms with van der Waals surface area (Å²) in [5.74, 6) is 0.272. The van der Waals surface area contributed by atoms with E-state index in [1.54, 1.807) is 0 Å². The van der Waals surface area contributed by atoms with Crippen LogP contribution in [0.3, 0.4) is 0 Å². The Balaban J connectivity index is 2.09. The van der Waals surface area contributed by atoms with E-state index in [0.29, 0.717) is 18.1 Å². The molecule has 0 atom stereocenters. The fourth-order valence-corrected chi connectivity index (χ4v) is 2.10. The summed E-state index contributed by atoms with van der Waals surface area (Å²) in [6.45, 7) is 0.313. The number of hydrogen-bond donors (Lipinski definition) is 2. The van der Waals surface area contributed by atoms with E-state index in [1.807, 2.05) is 0 Å². The average molecular weight is 284 g/mol. The molecule has 0 amide bonds. The maximum Gasteiger partial charge on any atom is 0.311 e. The third-order valence-corrected chi connectivity index (χ3v) is 3.41. The van der Waals surface area contributed by atoms with E-state index in [9.17, 15) is 10.1 Å². The van der Waals surface area contributed by atoms with Crippen LogP contribution in [0.1, 0.15) is 19.3 Å². The normalized spacial score (nSPS) is 15.8. The number of benzene rings is 1. The van der Waals surface area contributed by atoms with Crippen molar-refractivity contribution in [3.8, 4) is 5.75 Å². The number of nitro groups is 1. The molecule has 0 unspecified atom stereocenters. The van der Waals surface area contributed by atoms with Gasteiger partial charge in [0, 0.05) is 29.0 Å². The predicted octanol–water partition coefficient (Wildman–Crippen LogP) is 2.73. The van der Waals surface area contributed by atoms with Gasteiger partial charge in [-0.05, 0) is 18.9 Å². The summed E-state index contributed by atoms with van der Waals surface area (Å²) in [4.78, 5) is 10.4. The second-order valence-corrected chi connectivity index (χ2v) is 5.30. The highest BCUT2D eigenvalue weighted by Crippen LogP contribution is 2.49. The number of rotatable bonds is 6. The number of nitrogens with two attached hydrogens (primary N) is 1. The minimum atomic E-state index is -0.504. The first kappa shape index (κ1) is 13.6. The van der Waals surface area contributed by atoms with Gasteiger partial charge in [0.25, 0.3) is 0 Å². The van der Waals surface area contributed by atoms with Crippen LogP contribution >= 0.6 is 11.6 Å². The molecule has 1 aliphatic carbocycles. The molecule has 1 aromatic carbocycles. The summed E-state index contributed by atoms with van der Waals surface area (Å²) in [6, 6.07) is 4.21. The Hall–Kier alpha value is -1.82. The Kier molecular flexibility index (Phi) is 3.61. The van der Waals surface area contributed by atoms with Crippen molar-refractivity contribution in [2.45, 2.75) is 19.3 Å². The molecule has 7 heteroatoms. The van der Waals surface area contributed by atoms with Crippen LogP contribution in [-0.4, -0.2) is 17.4 Å². The van der Waals surface area contributed by atoms with Crippen LogP contribution in [0.15, 0.2) is 18.2 Å². The summed E-state index contributed by atoms with van der Waals surface area (Å²) in [6.07, 6.45) is 2.29. The lowest BCUT2D eigenvalue weighted by molar-refractivity contribution is -0.385. The van der Waals surface area contributed by atoms with Crippen molar-refractivity contribution in [1.29, 1.82) is 5.41 Å². The van der Waals surface area contributed by atoms with E-state index in [0.717, 1.165) is 12.8 Å². The molecule has 0 radical (unpaired) electrons. The first-order chi connectivity index (χ1) is 8.92. The third kappa shape index (κ3) is 3.35. The van der Waals surface area contributed by atoms with Crippen molar-refractivity contribution in [1.82, 2.24) is 0 Å². The van der Waals surface area contributed by atoms with Gasteiger partial charge < -0.3 is 10.5 Å². The first-order valence-electron chi connectivity index (χ1n) is 5.82. The topological polar surface area (TPSA) is 102 Å². The lowest BCUT2D eigenvalue weighted by Crippen LogP contribution is -2.22. The second kappa shape index (κ2) is 5.05. The van der Waals surface area contributed by atoms with Crippen molar-refractivity contribution in [2.24, 2.45) is 11.1 Å². The molecule has 0 heterocycles. The fraction of sp³-hybridized carbons (Fsp3) is 0.417. The Morgan fingerprint density at radius 2 is 2.26 bits per heavy atom. The van der Waals surface area contributed by atoms with Crippen molar-refractivity contribution in [3.63, 3.8) is 0 Å². The fourth-order valence-electron chi connectivity index (χ4n) is 1.94. The number of nitro benzene ring substituents is 1. The minimum absolute atomic E-state index is 0.108. The lowest BCUT2D eigenvalue weighted by atomic mass is 10.0. The minimum Gasteiger partial charge on any atom is -0.486 e. The monoisotopic (exact) mass is 283 g/mol. The summed E-state index contributed by atoms with van der Waals surface area (Å²) in [5, 5.41) is 18.6. The molecule has 1 saturated carbocycles. The highest BCUT2D eigenvalue weighted by molar-refractivity contribution is 6.30. The Bertz CT molecular complexity index is 529. The molecule has 19 heavy (non-hydrogen) atoms. The van der Waals surface area contributed by atoms with E-state index in [4.69, 9.17) is 27.5 Å². The molecule has 0 saturated heterocycles. The zero-order valence-electron chi connectivity index (χ0n) is 10.2. The molecule has 3 N–H and O–H groups in total. The molecule has 0 aromatic heterocycles. The largest absolute Gasteiger partial charge is 0.486 e. The summed E-state index contributed by atoms with van der Waals surface area (Å²) in [5.41, 5.74) is 5.14. The molecular weight excluding hydrogens is 270 g/mol. The number of nitrogens with zero attached hydrogens (tertiary/aromatic N) is 1. The quantitative estimate of drug-likeness (QED) is 0.362. The Morgan fingerprint density at radius 3 is 2.79 bits per heavy atom. The Labute approximate surface area is 115 Å². The van der Waals surface area contributed by atoms with Gasteiger partial charge in [-0.1, -0.05) is 11.6 Å². The first-order valence-corrected chi connectivity index (χ1v) is 6.19. The van der Waals surface area contributed by atoms with E-state index in [1.165, 1.54) is 18.2 Å². The lowest BCUT2D eigenvalue weighted by Gasteiger charge is -2.15. The van der Waals surface area contributed by atoms with Crippen LogP contribution in [0.25, 0.3) is 0 Å². The van der Waals surface area contributed by atoms with Crippen LogP contribution in [0, 0.1) is 20.9 Å². The zero-order chi connectivity index (χ0) is 14.0. The van der Waals surface area contributed by atoms with Gasteiger partial charge in [0.2, 0.25) is 0 Å². The van der Waals surface area contributed by atoms with Crippen LogP contribution in [0.4, 0.5) is 5.69 Å². The molecular formula is C12H14ClN3O3. The van der Waals surface area contributed by atoms with Crippen LogP contribution in [-0.2, 0) is 0 Å². The molecule has 0 aliphatic heterocycles. The molecule has 2 rings (SSSR count). The molecule has 0 bridgehead atoms. The molecule has 6 nitrogen and oxygen atoms in total. The van der Waals surface area contributed by atoms with E-state index in [-0.39, 0.29) is 22.7 Å². The van der Waals surface area contributed by atoms with Gasteiger partial charge in [-0.25, -0.2) is 0 Å². The number of nitrogens with one attached hydrogen (secondary N) is 1. The Morgan fingerprint density at radius 1 is 1.58 bits per heavy atom.